The van der Waals surface area contributed by atoms with Gasteiger partial charge in [0.2, 0.25) is 5.91 Å². The SMILES string of the molecule is COc1ccc(CCNC(=O)Cc2csc(NC(=O)N3CCN(c4ccccn4)CC3)n2)cc1. The van der Waals surface area contributed by atoms with Crippen LogP contribution in [-0.4, -0.2) is 66.6 Å². The average Bonchev–Trinajstić information content (AvgIpc) is 3.31. The van der Waals surface area contributed by atoms with Crippen molar-refractivity contribution < 1.29 is 14.3 Å². The van der Waals surface area contributed by atoms with Crippen LogP contribution in [-0.2, 0) is 17.6 Å². The monoisotopic (exact) mass is 480 g/mol. The molecule has 1 fully saturated rings. The zero-order valence-corrected chi connectivity index (χ0v) is 19.9. The molecule has 0 atom stereocenters. The van der Waals surface area contributed by atoms with Gasteiger partial charge in [0.15, 0.2) is 5.13 Å². The molecule has 1 aliphatic heterocycles. The Bertz CT molecular complexity index is 1080. The first-order chi connectivity index (χ1) is 16.6. The molecule has 4 rings (SSSR count). The highest BCUT2D eigenvalue weighted by Crippen LogP contribution is 2.18. The predicted octanol–water partition coefficient (Wildman–Crippen LogP) is 2.80. The van der Waals surface area contributed by atoms with Crippen LogP contribution in [0.2, 0.25) is 0 Å². The Kier molecular flexibility index (Phi) is 7.92. The number of hydrogen-bond donors (Lipinski definition) is 2. The van der Waals surface area contributed by atoms with Crippen LogP contribution in [0.1, 0.15) is 11.3 Å². The first-order valence-corrected chi connectivity index (χ1v) is 12.0. The van der Waals surface area contributed by atoms with E-state index in [1.165, 1.54) is 11.3 Å². The molecule has 0 aliphatic carbocycles. The first kappa shape index (κ1) is 23.5. The number of carbonyl (C=O) groups excluding carboxylic acids is 2. The van der Waals surface area contributed by atoms with Gasteiger partial charge in [0, 0.05) is 44.3 Å². The van der Waals surface area contributed by atoms with Gasteiger partial charge in [-0.25, -0.2) is 14.8 Å². The second-order valence-corrected chi connectivity index (χ2v) is 8.72. The standard InChI is InChI=1S/C24H28N6O3S/c1-33-20-7-5-18(6-8-20)9-11-26-22(31)16-19-17-34-23(27-19)28-24(32)30-14-12-29(13-15-30)21-4-2-3-10-25-21/h2-8,10,17H,9,11-16H2,1H3,(H,26,31)(H,27,28,32). The van der Waals surface area contributed by atoms with E-state index in [1.807, 2.05) is 42.5 Å². The fraction of sp³-hybridized carbons (Fsp3) is 0.333. The molecular weight excluding hydrogens is 452 g/mol. The highest BCUT2D eigenvalue weighted by atomic mass is 32.1. The van der Waals surface area contributed by atoms with Gasteiger partial charge in [0.1, 0.15) is 11.6 Å². The van der Waals surface area contributed by atoms with Gasteiger partial charge in [0.05, 0.1) is 19.2 Å². The summed E-state index contributed by atoms with van der Waals surface area (Å²) in [5.74, 6) is 1.64. The number of carbonyl (C=O) groups is 2. The zero-order valence-electron chi connectivity index (χ0n) is 19.1. The van der Waals surface area contributed by atoms with Crippen LogP contribution in [0.25, 0.3) is 0 Å². The highest BCUT2D eigenvalue weighted by Gasteiger charge is 2.22. The van der Waals surface area contributed by atoms with E-state index in [2.05, 4.69) is 25.5 Å². The summed E-state index contributed by atoms with van der Waals surface area (Å²) < 4.78 is 5.15. The second kappa shape index (κ2) is 11.5. The van der Waals surface area contributed by atoms with Gasteiger partial charge in [-0.05, 0) is 36.2 Å². The Balaban J connectivity index is 1.18. The number of thiazole rings is 1. The fourth-order valence-corrected chi connectivity index (χ4v) is 4.36. The maximum absolute atomic E-state index is 12.6. The number of urea groups is 1. The van der Waals surface area contributed by atoms with Crippen LogP contribution in [0.5, 0.6) is 5.75 Å². The average molecular weight is 481 g/mol. The van der Waals surface area contributed by atoms with Crippen LogP contribution < -0.4 is 20.3 Å². The van der Waals surface area contributed by atoms with E-state index in [0.717, 1.165) is 36.6 Å². The summed E-state index contributed by atoms with van der Waals surface area (Å²) in [5, 5.41) is 8.07. The lowest BCUT2D eigenvalue weighted by Crippen LogP contribution is -2.50. The quantitative estimate of drug-likeness (QED) is 0.514. The maximum atomic E-state index is 12.6. The van der Waals surface area contributed by atoms with Crippen molar-refractivity contribution in [2.24, 2.45) is 0 Å². The number of benzene rings is 1. The first-order valence-electron chi connectivity index (χ1n) is 11.2. The third-order valence-corrected chi connectivity index (χ3v) is 6.35. The molecular formula is C24H28N6O3S. The van der Waals surface area contributed by atoms with E-state index in [1.54, 1.807) is 23.6 Å². The third-order valence-electron chi connectivity index (χ3n) is 5.54. The van der Waals surface area contributed by atoms with E-state index in [9.17, 15) is 9.59 Å². The Hall–Kier alpha value is -3.66. The summed E-state index contributed by atoms with van der Waals surface area (Å²) in [4.78, 5) is 37.6. The number of pyridine rings is 1. The van der Waals surface area contributed by atoms with Gasteiger partial charge < -0.3 is 19.9 Å². The Morgan fingerprint density at radius 1 is 1.09 bits per heavy atom. The van der Waals surface area contributed by atoms with Crippen LogP contribution in [0, 0.1) is 0 Å². The molecule has 1 aromatic carbocycles. The molecule has 178 valence electrons. The number of rotatable bonds is 8. The predicted molar refractivity (Wildman–Crippen MR) is 133 cm³/mol. The molecule has 0 bridgehead atoms. The molecule has 10 heteroatoms. The molecule has 2 aromatic heterocycles. The summed E-state index contributed by atoms with van der Waals surface area (Å²) >= 11 is 1.32. The largest absolute Gasteiger partial charge is 0.497 e. The van der Waals surface area contributed by atoms with Gasteiger partial charge >= 0.3 is 6.03 Å². The molecule has 0 spiro atoms. The molecule has 2 N–H and O–H groups in total. The van der Waals surface area contributed by atoms with E-state index in [4.69, 9.17) is 4.74 Å². The molecule has 34 heavy (non-hydrogen) atoms. The normalized spacial score (nSPS) is 13.4. The molecule has 0 saturated carbocycles. The van der Waals surface area contributed by atoms with Crippen molar-refractivity contribution in [3.8, 4) is 5.75 Å². The maximum Gasteiger partial charge on any atom is 0.323 e. The summed E-state index contributed by atoms with van der Waals surface area (Å²) in [5.41, 5.74) is 1.77. The summed E-state index contributed by atoms with van der Waals surface area (Å²) in [6.07, 6.45) is 2.69. The van der Waals surface area contributed by atoms with Gasteiger partial charge in [-0.15, -0.1) is 11.3 Å². The third kappa shape index (κ3) is 6.44. The fourth-order valence-electron chi connectivity index (χ4n) is 3.66. The van der Waals surface area contributed by atoms with Crippen molar-refractivity contribution in [2.45, 2.75) is 12.8 Å². The Morgan fingerprint density at radius 3 is 2.59 bits per heavy atom. The van der Waals surface area contributed by atoms with Crippen molar-refractivity contribution >= 4 is 34.2 Å². The molecule has 3 heterocycles. The van der Waals surface area contributed by atoms with E-state index < -0.39 is 0 Å². The lowest BCUT2D eigenvalue weighted by atomic mass is 10.1. The number of nitrogens with zero attached hydrogens (tertiary/aromatic N) is 4. The molecule has 0 unspecified atom stereocenters. The topological polar surface area (TPSA) is 99.7 Å². The van der Waals surface area contributed by atoms with Gasteiger partial charge in [-0.2, -0.15) is 0 Å². The number of ether oxygens (including phenoxy) is 1. The minimum Gasteiger partial charge on any atom is -0.497 e. The van der Waals surface area contributed by atoms with Crippen molar-refractivity contribution in [2.75, 3.05) is 50.1 Å². The van der Waals surface area contributed by atoms with Crippen LogP contribution >= 0.6 is 11.3 Å². The number of amides is 3. The van der Waals surface area contributed by atoms with Gasteiger partial charge in [0.25, 0.3) is 0 Å². The Labute approximate surface area is 202 Å². The smallest absolute Gasteiger partial charge is 0.323 e. The Morgan fingerprint density at radius 2 is 1.88 bits per heavy atom. The number of hydrogen-bond acceptors (Lipinski definition) is 7. The van der Waals surface area contributed by atoms with Crippen LogP contribution in [0.15, 0.2) is 54.0 Å². The molecule has 9 nitrogen and oxygen atoms in total. The molecule has 3 amide bonds. The zero-order chi connectivity index (χ0) is 23.8. The van der Waals surface area contributed by atoms with E-state index in [0.29, 0.717) is 30.5 Å². The summed E-state index contributed by atoms with van der Waals surface area (Å²) in [6.45, 7) is 3.21. The lowest BCUT2D eigenvalue weighted by Gasteiger charge is -2.35. The van der Waals surface area contributed by atoms with Crippen molar-refractivity contribution in [1.29, 1.82) is 0 Å². The number of aromatic nitrogens is 2. The molecule has 3 aromatic rings. The summed E-state index contributed by atoms with van der Waals surface area (Å²) in [7, 11) is 1.63. The second-order valence-electron chi connectivity index (χ2n) is 7.86. The summed E-state index contributed by atoms with van der Waals surface area (Å²) in [6, 6.07) is 13.4. The van der Waals surface area contributed by atoms with E-state index in [-0.39, 0.29) is 18.4 Å². The van der Waals surface area contributed by atoms with Crippen molar-refractivity contribution in [1.82, 2.24) is 20.2 Å². The highest BCUT2D eigenvalue weighted by molar-refractivity contribution is 7.13. The molecule has 0 radical (unpaired) electrons. The molecule has 1 aliphatic rings. The van der Waals surface area contributed by atoms with Crippen molar-refractivity contribution in [3.05, 3.63) is 65.3 Å². The lowest BCUT2D eigenvalue weighted by molar-refractivity contribution is -0.120. The number of methoxy groups -OCH3 is 1. The van der Waals surface area contributed by atoms with Crippen molar-refractivity contribution in [3.63, 3.8) is 0 Å². The van der Waals surface area contributed by atoms with Crippen LogP contribution in [0.3, 0.4) is 0 Å². The number of nitrogens with one attached hydrogen (secondary N) is 2. The van der Waals surface area contributed by atoms with Gasteiger partial charge in [-0.3, -0.25) is 10.1 Å². The minimum absolute atomic E-state index is 0.0951. The minimum atomic E-state index is -0.175. The number of anilines is 2. The van der Waals surface area contributed by atoms with Gasteiger partial charge in [-0.1, -0.05) is 18.2 Å². The van der Waals surface area contributed by atoms with E-state index >= 15 is 0 Å². The number of piperazine rings is 1. The van der Waals surface area contributed by atoms with Crippen LogP contribution in [0.4, 0.5) is 15.7 Å². The molecule has 1 saturated heterocycles.